The van der Waals surface area contributed by atoms with Gasteiger partial charge in [-0.05, 0) is 30.8 Å². The number of aromatic nitrogens is 3. The summed E-state index contributed by atoms with van der Waals surface area (Å²) in [6.45, 7) is 0.738. The third-order valence-electron chi connectivity index (χ3n) is 2.81. The smallest absolute Gasteiger partial charge is 0.240 e. The van der Waals surface area contributed by atoms with Crippen molar-refractivity contribution < 1.29 is 8.42 Å². The molecule has 3 N–H and O–H groups in total. The van der Waals surface area contributed by atoms with Gasteiger partial charge in [-0.1, -0.05) is 11.6 Å². The molecule has 7 nitrogen and oxygen atoms in total. The van der Waals surface area contributed by atoms with Gasteiger partial charge in [0.15, 0.2) is 0 Å². The van der Waals surface area contributed by atoms with Gasteiger partial charge in [-0.15, -0.1) is 0 Å². The van der Waals surface area contributed by atoms with Gasteiger partial charge in [0.2, 0.25) is 10.0 Å². The average molecular weight is 330 g/mol. The van der Waals surface area contributed by atoms with E-state index in [0.29, 0.717) is 23.8 Å². The van der Waals surface area contributed by atoms with Crippen LogP contribution in [0, 0.1) is 0 Å². The number of rotatable bonds is 7. The van der Waals surface area contributed by atoms with Gasteiger partial charge < -0.3 is 5.32 Å². The zero-order valence-corrected chi connectivity index (χ0v) is 13.0. The van der Waals surface area contributed by atoms with Gasteiger partial charge in [0.25, 0.3) is 0 Å². The molecule has 1 aromatic carbocycles. The quantitative estimate of drug-likeness (QED) is 0.694. The molecule has 9 heteroatoms. The second-order valence-corrected chi connectivity index (χ2v) is 6.54. The minimum Gasteiger partial charge on any atom is -0.316 e. The maximum atomic E-state index is 12.2. The van der Waals surface area contributed by atoms with E-state index in [4.69, 9.17) is 11.6 Å². The molecule has 21 heavy (non-hydrogen) atoms. The maximum absolute atomic E-state index is 12.2. The Morgan fingerprint density at radius 1 is 1.38 bits per heavy atom. The number of H-pyrrole nitrogens is 1. The van der Waals surface area contributed by atoms with Crippen molar-refractivity contribution in [1.29, 1.82) is 0 Å². The van der Waals surface area contributed by atoms with Crippen molar-refractivity contribution in [3.8, 4) is 0 Å². The Labute approximate surface area is 128 Å². The minimum atomic E-state index is -3.57. The van der Waals surface area contributed by atoms with E-state index in [1.54, 1.807) is 19.2 Å². The molecule has 114 valence electrons. The van der Waals surface area contributed by atoms with Crippen LogP contribution < -0.4 is 10.0 Å². The van der Waals surface area contributed by atoms with Crippen LogP contribution in [0.5, 0.6) is 0 Å². The van der Waals surface area contributed by atoms with Crippen molar-refractivity contribution in [3.63, 3.8) is 0 Å². The number of benzene rings is 1. The molecule has 1 heterocycles. The molecule has 0 bridgehead atoms. The Bertz CT molecular complexity index is 688. The van der Waals surface area contributed by atoms with E-state index in [-0.39, 0.29) is 11.4 Å². The molecule has 2 rings (SSSR count). The van der Waals surface area contributed by atoms with Crippen LogP contribution in [0.15, 0.2) is 29.4 Å². The van der Waals surface area contributed by atoms with E-state index in [9.17, 15) is 8.42 Å². The Balaban J connectivity index is 2.06. The van der Waals surface area contributed by atoms with Gasteiger partial charge in [-0.2, -0.15) is 5.10 Å². The molecular formula is C12H16ClN5O2S. The monoisotopic (exact) mass is 329 g/mol. The summed E-state index contributed by atoms with van der Waals surface area (Å²) in [5.41, 5.74) is 0.734. The van der Waals surface area contributed by atoms with Crippen LogP contribution in [0.2, 0.25) is 5.02 Å². The zero-order valence-electron chi connectivity index (χ0n) is 11.4. The molecule has 0 aliphatic heterocycles. The topological polar surface area (TPSA) is 99.8 Å². The van der Waals surface area contributed by atoms with Gasteiger partial charge >= 0.3 is 0 Å². The highest BCUT2D eigenvalue weighted by molar-refractivity contribution is 7.89. The second kappa shape index (κ2) is 6.99. The SMILES string of the molecule is CNCc1cc(S(=O)(=O)NCCc2ncn[nH]2)ccc1Cl. The van der Waals surface area contributed by atoms with E-state index in [2.05, 4.69) is 25.2 Å². The van der Waals surface area contributed by atoms with E-state index in [1.807, 2.05) is 0 Å². The molecule has 0 atom stereocenters. The van der Waals surface area contributed by atoms with E-state index >= 15 is 0 Å². The van der Waals surface area contributed by atoms with Gasteiger partial charge in [0.05, 0.1) is 4.90 Å². The lowest BCUT2D eigenvalue weighted by Gasteiger charge is -2.09. The van der Waals surface area contributed by atoms with Crippen LogP contribution in [0.25, 0.3) is 0 Å². The Hall–Kier alpha value is -1.48. The maximum Gasteiger partial charge on any atom is 0.240 e. The van der Waals surface area contributed by atoms with Crippen molar-refractivity contribution in [2.24, 2.45) is 0 Å². The summed E-state index contributed by atoms with van der Waals surface area (Å²) in [6, 6.07) is 4.63. The Morgan fingerprint density at radius 2 is 2.19 bits per heavy atom. The zero-order chi connectivity index (χ0) is 15.3. The first-order valence-corrected chi connectivity index (χ1v) is 8.16. The number of sulfonamides is 1. The van der Waals surface area contributed by atoms with Crippen molar-refractivity contribution in [2.45, 2.75) is 17.9 Å². The lowest BCUT2D eigenvalue weighted by atomic mass is 10.2. The number of hydrogen-bond donors (Lipinski definition) is 3. The molecule has 1 aromatic heterocycles. The molecule has 0 saturated heterocycles. The predicted molar refractivity (Wildman–Crippen MR) is 79.5 cm³/mol. The number of nitrogens with zero attached hydrogens (tertiary/aromatic N) is 2. The highest BCUT2D eigenvalue weighted by atomic mass is 35.5. The molecule has 0 aliphatic carbocycles. The molecule has 0 unspecified atom stereocenters. The lowest BCUT2D eigenvalue weighted by molar-refractivity contribution is 0.580. The molecule has 0 radical (unpaired) electrons. The van der Waals surface area contributed by atoms with Gasteiger partial charge in [0, 0.05) is 24.5 Å². The third kappa shape index (κ3) is 4.24. The summed E-state index contributed by atoms with van der Waals surface area (Å²) >= 11 is 6.02. The summed E-state index contributed by atoms with van der Waals surface area (Å²) in [6.07, 6.45) is 1.82. The van der Waals surface area contributed by atoms with Gasteiger partial charge in [-0.25, -0.2) is 18.1 Å². The average Bonchev–Trinajstić information content (AvgIpc) is 2.94. The summed E-state index contributed by atoms with van der Waals surface area (Å²) in [7, 11) is -1.80. The summed E-state index contributed by atoms with van der Waals surface area (Å²) in [4.78, 5) is 4.12. The first-order chi connectivity index (χ1) is 10.0. The fourth-order valence-electron chi connectivity index (χ4n) is 1.78. The molecule has 0 fully saturated rings. The Morgan fingerprint density at radius 3 is 2.86 bits per heavy atom. The van der Waals surface area contributed by atoms with Crippen molar-refractivity contribution in [1.82, 2.24) is 25.2 Å². The lowest BCUT2D eigenvalue weighted by Crippen LogP contribution is -2.26. The summed E-state index contributed by atoms with van der Waals surface area (Å²) in [5.74, 6) is 0.629. The standard InChI is InChI=1S/C12H16ClN5O2S/c1-14-7-9-6-10(2-3-11(9)13)21(19,20)17-5-4-12-15-8-16-18-12/h2-3,6,8,14,17H,4-5,7H2,1H3,(H,15,16,18). The van der Waals surface area contributed by atoms with E-state index in [1.165, 1.54) is 12.4 Å². The van der Waals surface area contributed by atoms with Crippen molar-refractivity contribution in [2.75, 3.05) is 13.6 Å². The second-order valence-electron chi connectivity index (χ2n) is 4.36. The Kier molecular flexibility index (Phi) is 5.29. The van der Waals surface area contributed by atoms with Crippen LogP contribution in [0.4, 0.5) is 0 Å². The largest absolute Gasteiger partial charge is 0.316 e. The van der Waals surface area contributed by atoms with Crippen molar-refractivity contribution >= 4 is 21.6 Å². The third-order valence-corrected chi connectivity index (χ3v) is 4.64. The molecule has 2 aromatic rings. The summed E-state index contributed by atoms with van der Waals surface area (Å²) in [5, 5.41) is 9.86. The fourth-order valence-corrected chi connectivity index (χ4v) is 3.05. The van der Waals surface area contributed by atoms with Crippen LogP contribution in [-0.2, 0) is 23.0 Å². The fraction of sp³-hybridized carbons (Fsp3) is 0.333. The van der Waals surface area contributed by atoms with E-state index in [0.717, 1.165) is 5.56 Å². The normalized spacial score (nSPS) is 11.7. The predicted octanol–water partition coefficient (Wildman–Crippen LogP) is 0.699. The molecule has 0 amide bonds. The number of halogens is 1. The highest BCUT2D eigenvalue weighted by Crippen LogP contribution is 2.20. The molecule has 0 saturated carbocycles. The number of hydrogen-bond acceptors (Lipinski definition) is 5. The number of nitrogens with one attached hydrogen (secondary N) is 3. The van der Waals surface area contributed by atoms with Gasteiger partial charge in [0.1, 0.15) is 12.2 Å². The minimum absolute atomic E-state index is 0.190. The van der Waals surface area contributed by atoms with Crippen LogP contribution in [-0.4, -0.2) is 37.2 Å². The molecule has 0 spiro atoms. The van der Waals surface area contributed by atoms with E-state index < -0.39 is 10.0 Å². The van der Waals surface area contributed by atoms with Crippen LogP contribution in [0.3, 0.4) is 0 Å². The van der Waals surface area contributed by atoms with Crippen LogP contribution >= 0.6 is 11.6 Å². The first kappa shape index (κ1) is 15.9. The summed E-state index contributed by atoms with van der Waals surface area (Å²) < 4.78 is 26.9. The molecule has 0 aliphatic rings. The number of aromatic amines is 1. The molecular weight excluding hydrogens is 314 g/mol. The van der Waals surface area contributed by atoms with Crippen LogP contribution in [0.1, 0.15) is 11.4 Å². The van der Waals surface area contributed by atoms with Crippen molar-refractivity contribution in [3.05, 3.63) is 40.9 Å². The van der Waals surface area contributed by atoms with Gasteiger partial charge in [-0.3, -0.25) is 5.10 Å². The highest BCUT2D eigenvalue weighted by Gasteiger charge is 2.15. The first-order valence-electron chi connectivity index (χ1n) is 6.30.